The van der Waals surface area contributed by atoms with E-state index in [1.165, 1.54) is 0 Å². The Morgan fingerprint density at radius 2 is 1.72 bits per heavy atom. The van der Waals surface area contributed by atoms with Crippen LogP contribution in [0, 0.1) is 5.92 Å². The van der Waals surface area contributed by atoms with Gasteiger partial charge in [-0.2, -0.15) is 0 Å². The summed E-state index contributed by atoms with van der Waals surface area (Å²) in [5.74, 6) is -1.65. The average molecular weight is 256 g/mol. The van der Waals surface area contributed by atoms with Crippen LogP contribution >= 0.6 is 0 Å². The molecule has 3 N–H and O–H groups in total. The molecule has 102 valence electrons. The van der Waals surface area contributed by atoms with Crippen molar-refractivity contribution in [1.29, 1.82) is 0 Å². The minimum Gasteiger partial charge on any atom is -0.478 e. The van der Waals surface area contributed by atoms with Crippen molar-refractivity contribution in [2.45, 2.75) is 39.7 Å². The van der Waals surface area contributed by atoms with E-state index in [0.29, 0.717) is 12.0 Å². The fourth-order valence-corrected chi connectivity index (χ4v) is 1.66. The standard InChI is InChI=1S/C12H20N2O4/c1-4-9(5-2)8(3)13-12(18)14-10(15)6-7-11(16)17/h6-9H,4-5H2,1-3H3,(H,16,17)(H2,13,14,15,18). The van der Waals surface area contributed by atoms with Crippen molar-refractivity contribution in [3.05, 3.63) is 12.2 Å². The van der Waals surface area contributed by atoms with Crippen molar-refractivity contribution in [3.63, 3.8) is 0 Å². The fourth-order valence-electron chi connectivity index (χ4n) is 1.66. The molecule has 1 atom stereocenters. The van der Waals surface area contributed by atoms with Crippen molar-refractivity contribution in [1.82, 2.24) is 10.6 Å². The van der Waals surface area contributed by atoms with Crippen molar-refractivity contribution < 1.29 is 19.5 Å². The topological polar surface area (TPSA) is 95.5 Å². The zero-order chi connectivity index (χ0) is 14.1. The second-order valence-corrected chi connectivity index (χ2v) is 4.00. The van der Waals surface area contributed by atoms with Crippen molar-refractivity contribution >= 4 is 17.9 Å². The van der Waals surface area contributed by atoms with Crippen LogP contribution < -0.4 is 10.6 Å². The van der Waals surface area contributed by atoms with E-state index in [4.69, 9.17) is 5.11 Å². The molecule has 6 nitrogen and oxygen atoms in total. The number of aliphatic carboxylic acids is 1. The van der Waals surface area contributed by atoms with Gasteiger partial charge in [-0.05, 0) is 12.8 Å². The Labute approximate surface area is 106 Å². The number of carboxylic acid groups (broad SMARTS) is 1. The van der Waals surface area contributed by atoms with Gasteiger partial charge in [0, 0.05) is 18.2 Å². The molecule has 0 rings (SSSR count). The van der Waals surface area contributed by atoms with Crippen LogP contribution in [-0.4, -0.2) is 29.1 Å². The van der Waals surface area contributed by atoms with Gasteiger partial charge in [-0.15, -0.1) is 0 Å². The summed E-state index contributed by atoms with van der Waals surface area (Å²) in [7, 11) is 0. The first-order valence-electron chi connectivity index (χ1n) is 5.93. The maximum atomic E-state index is 11.4. The first-order valence-corrected chi connectivity index (χ1v) is 5.93. The molecule has 0 spiro atoms. The molecule has 0 saturated carbocycles. The van der Waals surface area contributed by atoms with E-state index in [1.807, 2.05) is 26.1 Å². The van der Waals surface area contributed by atoms with E-state index in [-0.39, 0.29) is 6.04 Å². The molecule has 0 aliphatic heterocycles. The predicted octanol–water partition coefficient (Wildman–Crippen LogP) is 1.28. The summed E-state index contributed by atoms with van der Waals surface area (Å²) in [6, 6.07) is -0.661. The minimum atomic E-state index is -1.24. The highest BCUT2D eigenvalue weighted by atomic mass is 16.4. The molecule has 0 fully saturated rings. The lowest BCUT2D eigenvalue weighted by Crippen LogP contribution is -2.45. The largest absolute Gasteiger partial charge is 0.478 e. The van der Waals surface area contributed by atoms with E-state index in [2.05, 4.69) is 5.32 Å². The van der Waals surface area contributed by atoms with E-state index < -0.39 is 17.9 Å². The van der Waals surface area contributed by atoms with Gasteiger partial charge in [0.15, 0.2) is 0 Å². The lowest BCUT2D eigenvalue weighted by atomic mass is 9.96. The normalized spacial score (nSPS) is 12.4. The van der Waals surface area contributed by atoms with Crippen LogP contribution in [0.2, 0.25) is 0 Å². The molecular formula is C12H20N2O4. The number of carboxylic acids is 1. The zero-order valence-electron chi connectivity index (χ0n) is 10.9. The van der Waals surface area contributed by atoms with Crippen LogP contribution in [0.3, 0.4) is 0 Å². The third-order valence-electron chi connectivity index (χ3n) is 2.73. The molecule has 0 aliphatic rings. The van der Waals surface area contributed by atoms with E-state index in [9.17, 15) is 14.4 Å². The van der Waals surface area contributed by atoms with Gasteiger partial charge in [0.25, 0.3) is 5.91 Å². The summed E-state index contributed by atoms with van der Waals surface area (Å²) in [5.41, 5.74) is 0. The van der Waals surface area contributed by atoms with Gasteiger partial charge in [0.05, 0.1) is 0 Å². The average Bonchev–Trinajstić information content (AvgIpc) is 2.27. The molecule has 3 amide bonds. The van der Waals surface area contributed by atoms with E-state index >= 15 is 0 Å². The molecule has 0 aromatic carbocycles. The number of nitrogens with one attached hydrogen (secondary N) is 2. The minimum absolute atomic E-state index is 0.0451. The third-order valence-corrected chi connectivity index (χ3v) is 2.73. The SMILES string of the molecule is CCC(CC)C(C)NC(=O)NC(=O)C=CC(=O)O. The molecular weight excluding hydrogens is 236 g/mol. The quantitative estimate of drug-likeness (QED) is 0.624. The van der Waals surface area contributed by atoms with Crippen LogP contribution in [0.1, 0.15) is 33.6 Å². The van der Waals surface area contributed by atoms with E-state index in [0.717, 1.165) is 18.9 Å². The van der Waals surface area contributed by atoms with Crippen LogP contribution in [0.25, 0.3) is 0 Å². The first-order chi connectivity index (χ1) is 8.40. The van der Waals surface area contributed by atoms with Gasteiger partial charge in [-0.25, -0.2) is 9.59 Å². The van der Waals surface area contributed by atoms with Gasteiger partial charge in [0.1, 0.15) is 0 Å². The lowest BCUT2D eigenvalue weighted by Gasteiger charge is -2.22. The number of hydrogen-bond acceptors (Lipinski definition) is 3. The highest BCUT2D eigenvalue weighted by molar-refractivity contribution is 6.02. The number of rotatable bonds is 6. The van der Waals surface area contributed by atoms with Crippen LogP contribution in [-0.2, 0) is 9.59 Å². The summed E-state index contributed by atoms with van der Waals surface area (Å²) in [5, 5.41) is 13.0. The van der Waals surface area contributed by atoms with Crippen molar-refractivity contribution in [2.75, 3.05) is 0 Å². The van der Waals surface area contributed by atoms with Gasteiger partial charge in [0.2, 0.25) is 0 Å². The second-order valence-electron chi connectivity index (χ2n) is 4.00. The Bertz CT molecular complexity index is 335. The Balaban J connectivity index is 4.18. The number of hydrogen-bond donors (Lipinski definition) is 3. The Morgan fingerprint density at radius 1 is 1.17 bits per heavy atom. The Hall–Kier alpha value is -1.85. The van der Waals surface area contributed by atoms with Crippen LogP contribution in [0.4, 0.5) is 4.79 Å². The molecule has 1 unspecified atom stereocenters. The molecule has 0 saturated heterocycles. The van der Waals surface area contributed by atoms with Crippen LogP contribution in [0.15, 0.2) is 12.2 Å². The molecule has 6 heteroatoms. The number of carbonyl (C=O) groups excluding carboxylic acids is 2. The summed E-state index contributed by atoms with van der Waals surface area (Å²) < 4.78 is 0. The highest BCUT2D eigenvalue weighted by Crippen LogP contribution is 2.12. The predicted molar refractivity (Wildman–Crippen MR) is 67.0 cm³/mol. The Kier molecular flexibility index (Phi) is 7.42. The second kappa shape index (κ2) is 8.27. The molecule has 0 heterocycles. The zero-order valence-corrected chi connectivity index (χ0v) is 10.9. The molecule has 0 aliphatic carbocycles. The lowest BCUT2D eigenvalue weighted by molar-refractivity contribution is -0.131. The molecule has 18 heavy (non-hydrogen) atoms. The first kappa shape index (κ1) is 16.1. The number of amides is 3. The fraction of sp³-hybridized carbons (Fsp3) is 0.583. The van der Waals surface area contributed by atoms with Gasteiger partial charge in [-0.3, -0.25) is 10.1 Å². The van der Waals surface area contributed by atoms with Crippen molar-refractivity contribution in [3.8, 4) is 0 Å². The summed E-state index contributed by atoms with van der Waals surface area (Å²) >= 11 is 0. The van der Waals surface area contributed by atoms with Gasteiger partial charge < -0.3 is 10.4 Å². The van der Waals surface area contributed by atoms with Gasteiger partial charge in [-0.1, -0.05) is 26.7 Å². The molecule has 0 aromatic rings. The summed E-state index contributed by atoms with van der Waals surface area (Å²) in [4.78, 5) is 32.7. The van der Waals surface area contributed by atoms with Crippen molar-refractivity contribution in [2.24, 2.45) is 5.92 Å². The maximum Gasteiger partial charge on any atom is 0.328 e. The smallest absolute Gasteiger partial charge is 0.328 e. The number of imide groups is 1. The summed E-state index contributed by atoms with van der Waals surface area (Å²) in [6.45, 7) is 5.94. The van der Waals surface area contributed by atoms with E-state index in [1.54, 1.807) is 0 Å². The highest BCUT2D eigenvalue weighted by Gasteiger charge is 2.16. The number of urea groups is 1. The molecule has 0 bridgehead atoms. The maximum absolute atomic E-state index is 11.4. The third kappa shape index (κ3) is 6.67. The monoisotopic (exact) mass is 256 g/mol. The Morgan fingerprint density at radius 3 is 2.17 bits per heavy atom. The molecule has 0 aromatic heterocycles. The number of carbonyl (C=O) groups is 3. The molecule has 0 radical (unpaired) electrons. The van der Waals surface area contributed by atoms with Crippen LogP contribution in [0.5, 0.6) is 0 Å². The van der Waals surface area contributed by atoms with Gasteiger partial charge >= 0.3 is 12.0 Å². The summed E-state index contributed by atoms with van der Waals surface area (Å²) in [6.07, 6.45) is 3.34.